The summed E-state index contributed by atoms with van der Waals surface area (Å²) in [5.74, 6) is 0.382. The fraction of sp³-hybridized carbons (Fsp3) is 0.459. The van der Waals surface area contributed by atoms with Gasteiger partial charge in [-0.15, -0.1) is 0 Å². The number of benzene rings is 3. The highest BCUT2D eigenvalue weighted by Crippen LogP contribution is 2.43. The van der Waals surface area contributed by atoms with Crippen LogP contribution in [-0.4, -0.2) is 93.7 Å². The van der Waals surface area contributed by atoms with E-state index in [1.54, 1.807) is 7.11 Å². The van der Waals surface area contributed by atoms with Crippen LogP contribution in [0.25, 0.3) is 0 Å². The molecule has 2 aliphatic heterocycles. The van der Waals surface area contributed by atoms with Gasteiger partial charge in [-0.2, -0.15) is 0 Å². The maximum Gasteiger partial charge on any atom is 0.308 e. The summed E-state index contributed by atoms with van der Waals surface area (Å²) in [4.78, 5) is 31.2. The summed E-state index contributed by atoms with van der Waals surface area (Å²) in [6.45, 7) is 4.44. The largest absolute Gasteiger partial charge is 0.493 e. The molecule has 47 heavy (non-hydrogen) atoms. The number of amides is 1. The minimum atomic E-state index is -0.902. The van der Waals surface area contributed by atoms with Gasteiger partial charge >= 0.3 is 5.97 Å². The van der Waals surface area contributed by atoms with E-state index in [9.17, 15) is 14.7 Å². The van der Waals surface area contributed by atoms with Gasteiger partial charge in [0, 0.05) is 36.3 Å². The number of quaternary nitrogens is 1. The van der Waals surface area contributed by atoms with Gasteiger partial charge in [-0.3, -0.25) is 14.5 Å². The van der Waals surface area contributed by atoms with E-state index >= 15 is 0 Å². The summed E-state index contributed by atoms with van der Waals surface area (Å²) in [5, 5.41) is 10.6. The fourth-order valence-corrected chi connectivity index (χ4v) is 6.71. The summed E-state index contributed by atoms with van der Waals surface area (Å²) < 4.78 is 23.5. The molecular weight excluding hydrogens is 598 g/mol. The van der Waals surface area contributed by atoms with E-state index in [2.05, 4.69) is 40.2 Å². The highest BCUT2D eigenvalue weighted by atomic mass is 16.7. The average molecular weight is 647 g/mol. The van der Waals surface area contributed by atoms with Gasteiger partial charge in [0.15, 0.2) is 23.0 Å². The molecule has 5 rings (SSSR count). The predicted molar refractivity (Wildman–Crippen MR) is 180 cm³/mol. The van der Waals surface area contributed by atoms with Crippen molar-refractivity contribution in [3.8, 4) is 23.0 Å². The van der Waals surface area contributed by atoms with Crippen LogP contribution < -0.4 is 23.8 Å². The predicted octanol–water partition coefficient (Wildman–Crippen LogP) is 5.40. The molecule has 0 aliphatic carbocycles. The summed E-state index contributed by atoms with van der Waals surface area (Å²) in [6.07, 6.45) is 2.22. The molecule has 0 bridgehead atoms. The molecule has 2 aliphatic rings. The Balaban J connectivity index is 1.42. The molecule has 1 unspecified atom stereocenters. The highest BCUT2D eigenvalue weighted by Gasteiger charge is 2.47. The van der Waals surface area contributed by atoms with E-state index < -0.39 is 17.9 Å². The summed E-state index contributed by atoms with van der Waals surface area (Å²) in [7, 11) is 8.03. The molecule has 10 heteroatoms. The normalized spacial score (nSPS) is 19.0. The van der Waals surface area contributed by atoms with Crippen LogP contribution in [0.5, 0.6) is 23.0 Å². The molecular formula is C37H48N3O7+. The van der Waals surface area contributed by atoms with Crippen molar-refractivity contribution in [2.45, 2.75) is 44.7 Å². The number of fused-ring (bicyclic) bond motifs is 1. The summed E-state index contributed by atoms with van der Waals surface area (Å²) in [5.41, 5.74) is 2.88. The lowest BCUT2D eigenvalue weighted by atomic mass is 9.84. The van der Waals surface area contributed by atoms with Crippen LogP contribution in [0.15, 0.2) is 66.7 Å². The Morgan fingerprint density at radius 3 is 2.49 bits per heavy atom. The van der Waals surface area contributed by atoms with Gasteiger partial charge in [-0.05, 0) is 54.8 Å². The molecule has 1 amide bonds. The third kappa shape index (κ3) is 8.36. The van der Waals surface area contributed by atoms with E-state index in [-0.39, 0.29) is 31.8 Å². The second-order valence-corrected chi connectivity index (χ2v) is 13.4. The number of carbonyl (C=O) groups is 2. The van der Waals surface area contributed by atoms with Crippen molar-refractivity contribution < 1.29 is 38.1 Å². The number of carboxylic acids is 1. The molecule has 0 radical (unpaired) electrons. The third-order valence-electron chi connectivity index (χ3n) is 8.85. The molecule has 3 aromatic rings. The minimum Gasteiger partial charge on any atom is -0.493 e. The van der Waals surface area contributed by atoms with Gasteiger partial charge in [-0.1, -0.05) is 43.7 Å². The van der Waals surface area contributed by atoms with E-state index in [1.807, 2.05) is 64.4 Å². The lowest BCUT2D eigenvalue weighted by Gasteiger charge is -2.30. The average Bonchev–Trinajstić information content (AvgIpc) is 3.65. The number of methoxy groups -OCH3 is 1. The minimum absolute atomic E-state index is 0.0491. The SMILES string of the molecule is CCCCN(C(=O)CN1C[C@H](c2ccc3c(c2)OCO3)C(C(=O)O)[C@@H]1CCOc1ccccc1OC)c1cccc(C[N+](C)(C)C)c1. The van der Waals surface area contributed by atoms with Crippen molar-refractivity contribution >= 4 is 17.6 Å². The molecule has 3 atom stereocenters. The quantitative estimate of drug-likeness (QED) is 0.219. The van der Waals surface area contributed by atoms with E-state index in [0.29, 0.717) is 42.5 Å². The van der Waals surface area contributed by atoms with Crippen LogP contribution in [0.4, 0.5) is 5.69 Å². The first kappa shape index (κ1) is 34.1. The molecule has 1 N–H and O–H groups in total. The number of rotatable bonds is 15. The van der Waals surface area contributed by atoms with E-state index in [1.165, 1.54) is 0 Å². The lowest BCUT2D eigenvalue weighted by Crippen LogP contribution is -2.45. The number of aliphatic carboxylic acids is 1. The van der Waals surface area contributed by atoms with Crippen LogP contribution in [0, 0.1) is 5.92 Å². The first-order chi connectivity index (χ1) is 22.6. The van der Waals surface area contributed by atoms with Crippen LogP contribution in [0.1, 0.15) is 43.2 Å². The van der Waals surface area contributed by atoms with Gasteiger partial charge in [-0.25, -0.2) is 0 Å². The molecule has 2 heterocycles. The van der Waals surface area contributed by atoms with Crippen molar-refractivity contribution in [3.63, 3.8) is 0 Å². The highest BCUT2D eigenvalue weighted by molar-refractivity contribution is 5.95. The van der Waals surface area contributed by atoms with E-state index in [4.69, 9.17) is 18.9 Å². The summed E-state index contributed by atoms with van der Waals surface area (Å²) in [6, 6.07) is 20.8. The van der Waals surface area contributed by atoms with Gasteiger partial charge in [0.2, 0.25) is 12.7 Å². The Morgan fingerprint density at radius 2 is 1.77 bits per heavy atom. The molecule has 3 aromatic carbocycles. The third-order valence-corrected chi connectivity index (χ3v) is 8.85. The zero-order valence-electron chi connectivity index (χ0n) is 28.2. The molecule has 10 nitrogen and oxygen atoms in total. The second-order valence-electron chi connectivity index (χ2n) is 13.4. The van der Waals surface area contributed by atoms with Crippen LogP contribution >= 0.6 is 0 Å². The van der Waals surface area contributed by atoms with Crippen LogP contribution in [0.2, 0.25) is 0 Å². The van der Waals surface area contributed by atoms with Crippen molar-refractivity contribution in [2.24, 2.45) is 5.92 Å². The van der Waals surface area contributed by atoms with Crippen LogP contribution in [0.3, 0.4) is 0 Å². The van der Waals surface area contributed by atoms with Crippen molar-refractivity contribution in [1.29, 1.82) is 0 Å². The number of carbonyl (C=O) groups excluding carboxylic acids is 1. The first-order valence-electron chi connectivity index (χ1n) is 16.4. The number of ether oxygens (including phenoxy) is 4. The lowest BCUT2D eigenvalue weighted by molar-refractivity contribution is -0.884. The number of nitrogens with zero attached hydrogens (tertiary/aromatic N) is 3. The molecule has 0 saturated carbocycles. The Morgan fingerprint density at radius 1 is 1.00 bits per heavy atom. The number of hydrogen-bond acceptors (Lipinski definition) is 7. The smallest absolute Gasteiger partial charge is 0.308 e. The number of anilines is 1. The van der Waals surface area contributed by atoms with Crippen molar-refractivity contribution in [3.05, 3.63) is 77.9 Å². The van der Waals surface area contributed by atoms with Crippen LogP contribution in [-0.2, 0) is 16.1 Å². The Bertz CT molecular complexity index is 1540. The molecule has 0 aromatic heterocycles. The number of para-hydroxylation sites is 2. The standard InChI is InChI=1S/C37H47N3O7/c1-6-7-18-39(28-12-10-11-26(20-28)24-40(2,3)4)35(41)23-38-22-29(27-15-16-33-34(21-27)47-25-46-33)36(37(42)43)30(38)17-19-45-32-14-9-8-13-31(32)44-5/h8-16,20-21,29-30,36H,6-7,17-19,22-25H2,1-5H3/p+1/t29-,30+,36?/m1/s1. The maximum atomic E-state index is 14.2. The second kappa shape index (κ2) is 15.1. The zero-order valence-corrected chi connectivity index (χ0v) is 28.2. The van der Waals surface area contributed by atoms with Gasteiger partial charge in [0.25, 0.3) is 0 Å². The Hall–Kier alpha value is -4.28. The van der Waals surface area contributed by atoms with Crippen molar-refractivity contribution in [2.75, 3.05) is 66.2 Å². The topological polar surface area (TPSA) is 97.8 Å². The zero-order chi connectivity index (χ0) is 33.6. The van der Waals surface area contributed by atoms with Crippen molar-refractivity contribution in [1.82, 2.24) is 4.90 Å². The molecule has 0 spiro atoms. The number of unbranched alkanes of at least 4 members (excludes halogenated alkanes) is 1. The first-order valence-corrected chi connectivity index (χ1v) is 16.4. The molecule has 1 saturated heterocycles. The van der Waals surface area contributed by atoms with Gasteiger partial charge < -0.3 is 33.4 Å². The van der Waals surface area contributed by atoms with Gasteiger partial charge in [0.05, 0.1) is 47.3 Å². The van der Waals surface area contributed by atoms with Gasteiger partial charge in [0.1, 0.15) is 6.54 Å². The van der Waals surface area contributed by atoms with E-state index in [0.717, 1.165) is 40.7 Å². The maximum absolute atomic E-state index is 14.2. The Labute approximate surface area is 278 Å². The number of likely N-dealkylation sites (tertiary alicyclic amines) is 1. The fourth-order valence-electron chi connectivity index (χ4n) is 6.71. The molecule has 1 fully saturated rings. The Kier molecular flexibility index (Phi) is 10.9. The summed E-state index contributed by atoms with van der Waals surface area (Å²) >= 11 is 0. The number of carboxylic acid groups (broad SMARTS) is 1. The number of hydrogen-bond donors (Lipinski definition) is 1. The molecule has 252 valence electrons. The monoisotopic (exact) mass is 646 g/mol.